The number of carbonyl (C=O) groups is 2. The van der Waals surface area contributed by atoms with Gasteiger partial charge in [0, 0.05) is 28.0 Å². The van der Waals surface area contributed by atoms with Crippen LogP contribution in [0.3, 0.4) is 0 Å². The second kappa shape index (κ2) is 9.62. The third kappa shape index (κ3) is 4.18. The van der Waals surface area contributed by atoms with Crippen LogP contribution in [0.15, 0.2) is 65.8 Å². The predicted octanol–water partition coefficient (Wildman–Crippen LogP) is 5.75. The minimum atomic E-state index is -0.346. The zero-order chi connectivity index (χ0) is 25.4. The van der Waals surface area contributed by atoms with Crippen molar-refractivity contribution < 1.29 is 14.3 Å². The lowest BCUT2D eigenvalue weighted by Crippen LogP contribution is -2.07. The van der Waals surface area contributed by atoms with Gasteiger partial charge in [0.05, 0.1) is 23.4 Å². The van der Waals surface area contributed by atoms with E-state index < -0.39 is 0 Å². The number of ether oxygens (including phenoxy) is 1. The van der Waals surface area contributed by atoms with Gasteiger partial charge < -0.3 is 9.30 Å². The van der Waals surface area contributed by atoms with E-state index in [2.05, 4.69) is 23.2 Å². The van der Waals surface area contributed by atoms with Crippen LogP contribution in [0, 0.1) is 20.8 Å². The van der Waals surface area contributed by atoms with Crippen LogP contribution < -0.4 is 0 Å². The Kier molecular flexibility index (Phi) is 6.36. The molecule has 5 aromatic rings. The smallest absolute Gasteiger partial charge is 0.338 e. The van der Waals surface area contributed by atoms with Crippen LogP contribution in [-0.4, -0.2) is 43.3 Å². The number of pyridine rings is 1. The van der Waals surface area contributed by atoms with Crippen LogP contribution in [0.1, 0.15) is 44.6 Å². The number of Topliss-reactive ketones (excluding diaryl/α,β-unsaturated/α-hetero) is 1. The molecule has 3 heterocycles. The third-order valence-corrected chi connectivity index (χ3v) is 7.20. The van der Waals surface area contributed by atoms with Crippen LogP contribution in [0.5, 0.6) is 0 Å². The monoisotopic (exact) mass is 498 g/mol. The predicted molar refractivity (Wildman–Crippen MR) is 141 cm³/mol. The van der Waals surface area contributed by atoms with E-state index in [1.165, 1.54) is 11.8 Å². The van der Waals surface area contributed by atoms with Gasteiger partial charge in [-0.05, 0) is 75.7 Å². The normalized spacial score (nSPS) is 11.3. The Morgan fingerprint density at radius 3 is 2.47 bits per heavy atom. The summed E-state index contributed by atoms with van der Waals surface area (Å²) >= 11 is 1.39. The Bertz CT molecular complexity index is 1620. The summed E-state index contributed by atoms with van der Waals surface area (Å²) in [5, 5.41) is 10.5. The highest BCUT2D eigenvalue weighted by Crippen LogP contribution is 2.28. The molecular formula is C28H26N4O3S. The van der Waals surface area contributed by atoms with Crippen molar-refractivity contribution in [3.63, 3.8) is 0 Å². The number of aryl methyl sites for hydroxylation is 2. The molecule has 0 bridgehead atoms. The van der Waals surface area contributed by atoms with Crippen molar-refractivity contribution in [2.24, 2.45) is 0 Å². The topological polar surface area (TPSA) is 78.5 Å². The molecule has 182 valence electrons. The highest BCUT2D eigenvalue weighted by atomic mass is 32.2. The van der Waals surface area contributed by atoms with E-state index in [1.54, 1.807) is 19.1 Å². The second-order valence-electron chi connectivity index (χ2n) is 8.62. The van der Waals surface area contributed by atoms with Crippen LogP contribution >= 0.6 is 11.8 Å². The Morgan fingerprint density at radius 2 is 1.72 bits per heavy atom. The number of para-hydroxylation sites is 1. The maximum atomic E-state index is 13.3. The summed E-state index contributed by atoms with van der Waals surface area (Å²) < 4.78 is 9.10. The number of hydrogen-bond donors (Lipinski definition) is 0. The summed E-state index contributed by atoms with van der Waals surface area (Å²) in [6.07, 6.45) is 0. The number of rotatable bonds is 7. The maximum absolute atomic E-state index is 13.3. The quantitative estimate of drug-likeness (QED) is 0.162. The van der Waals surface area contributed by atoms with Gasteiger partial charge in [-0.25, -0.2) is 4.79 Å². The maximum Gasteiger partial charge on any atom is 0.338 e. The van der Waals surface area contributed by atoms with E-state index in [0.29, 0.717) is 22.9 Å². The van der Waals surface area contributed by atoms with Gasteiger partial charge in [0.15, 0.2) is 16.6 Å². The average molecular weight is 499 g/mol. The number of fused-ring (bicyclic) bond motifs is 3. The second-order valence-corrected chi connectivity index (χ2v) is 9.56. The number of benzene rings is 2. The number of hydrogen-bond acceptors (Lipinski definition) is 6. The first-order chi connectivity index (χ1) is 17.4. The Labute approximate surface area is 213 Å². The third-order valence-electron chi connectivity index (χ3n) is 6.27. The summed E-state index contributed by atoms with van der Waals surface area (Å²) in [5.74, 6) is -0.0766. The minimum absolute atomic E-state index is 0.0238. The zero-order valence-electron chi connectivity index (χ0n) is 20.6. The minimum Gasteiger partial charge on any atom is -0.462 e. The molecule has 0 saturated carbocycles. The zero-order valence-corrected chi connectivity index (χ0v) is 21.4. The van der Waals surface area contributed by atoms with Crippen molar-refractivity contribution in [1.29, 1.82) is 0 Å². The molecule has 0 radical (unpaired) electrons. The van der Waals surface area contributed by atoms with E-state index in [0.717, 1.165) is 39.2 Å². The first kappa shape index (κ1) is 23.8. The van der Waals surface area contributed by atoms with Gasteiger partial charge in [-0.2, -0.15) is 0 Å². The van der Waals surface area contributed by atoms with Crippen LogP contribution in [0.2, 0.25) is 0 Å². The molecule has 0 unspecified atom stereocenters. The van der Waals surface area contributed by atoms with E-state index in [1.807, 2.05) is 65.3 Å². The summed E-state index contributed by atoms with van der Waals surface area (Å²) in [6.45, 7) is 8.09. The van der Waals surface area contributed by atoms with Gasteiger partial charge in [0.1, 0.15) is 0 Å². The highest BCUT2D eigenvalue weighted by Gasteiger charge is 2.19. The molecule has 0 spiro atoms. The van der Waals surface area contributed by atoms with Gasteiger partial charge in [-0.15, -0.1) is 10.2 Å². The molecule has 3 aromatic heterocycles. The van der Waals surface area contributed by atoms with Crippen LogP contribution in [0.4, 0.5) is 0 Å². The molecular weight excluding hydrogens is 472 g/mol. The van der Waals surface area contributed by atoms with Crippen molar-refractivity contribution in [1.82, 2.24) is 19.2 Å². The fourth-order valence-corrected chi connectivity index (χ4v) is 5.41. The molecule has 7 nitrogen and oxygen atoms in total. The highest BCUT2D eigenvalue weighted by molar-refractivity contribution is 7.99. The molecule has 0 aliphatic heterocycles. The van der Waals surface area contributed by atoms with E-state index in [-0.39, 0.29) is 17.5 Å². The summed E-state index contributed by atoms with van der Waals surface area (Å²) in [7, 11) is 0. The summed E-state index contributed by atoms with van der Waals surface area (Å²) in [6, 6.07) is 19.3. The fraction of sp³-hybridized carbons (Fsp3) is 0.214. The molecule has 5 rings (SSSR count). The van der Waals surface area contributed by atoms with Crippen molar-refractivity contribution in [3.8, 4) is 5.69 Å². The number of carbonyl (C=O) groups excluding carboxylic acids is 2. The Hall–Kier alpha value is -3.91. The van der Waals surface area contributed by atoms with Gasteiger partial charge >= 0.3 is 5.97 Å². The van der Waals surface area contributed by atoms with Crippen molar-refractivity contribution >= 4 is 40.1 Å². The van der Waals surface area contributed by atoms with Gasteiger partial charge in [-0.3, -0.25) is 9.20 Å². The van der Waals surface area contributed by atoms with E-state index >= 15 is 0 Å². The summed E-state index contributed by atoms with van der Waals surface area (Å²) in [5.41, 5.74) is 6.79. The Morgan fingerprint density at radius 1 is 0.972 bits per heavy atom. The lowest BCUT2D eigenvalue weighted by molar-refractivity contribution is 0.0526. The standard InChI is InChI=1S/C28H26N4O3S/c1-5-35-27(34)20-10-12-21(13-11-20)31-18(3)15-23(19(31)4)25(33)16-36-28-30-29-26-14-17(2)22-8-6-7-9-24(22)32(26)28/h6-15H,5,16H2,1-4H3. The van der Waals surface area contributed by atoms with Crippen molar-refractivity contribution in [2.45, 2.75) is 32.9 Å². The number of nitrogens with zero attached hydrogens (tertiary/aromatic N) is 4. The number of esters is 1. The van der Waals surface area contributed by atoms with Crippen molar-refractivity contribution in [2.75, 3.05) is 12.4 Å². The van der Waals surface area contributed by atoms with Crippen LogP contribution in [-0.2, 0) is 4.74 Å². The van der Waals surface area contributed by atoms with Gasteiger partial charge in [0.2, 0.25) is 0 Å². The molecule has 8 heteroatoms. The largest absolute Gasteiger partial charge is 0.462 e. The number of aromatic nitrogens is 4. The van der Waals surface area contributed by atoms with Crippen LogP contribution in [0.25, 0.3) is 22.2 Å². The molecule has 0 atom stereocenters. The molecule has 36 heavy (non-hydrogen) atoms. The van der Waals surface area contributed by atoms with Gasteiger partial charge in [0.25, 0.3) is 0 Å². The van der Waals surface area contributed by atoms with E-state index in [4.69, 9.17) is 4.74 Å². The lowest BCUT2D eigenvalue weighted by atomic mass is 10.1. The summed E-state index contributed by atoms with van der Waals surface area (Å²) in [4.78, 5) is 25.2. The molecule has 0 aliphatic rings. The first-order valence-corrected chi connectivity index (χ1v) is 12.7. The fourth-order valence-electron chi connectivity index (χ4n) is 4.58. The molecule has 0 saturated heterocycles. The lowest BCUT2D eigenvalue weighted by Gasteiger charge is -2.11. The molecule has 0 amide bonds. The Balaban J connectivity index is 1.39. The molecule has 2 aromatic carbocycles. The first-order valence-electron chi connectivity index (χ1n) is 11.7. The molecule has 0 fully saturated rings. The van der Waals surface area contributed by atoms with Gasteiger partial charge in [-0.1, -0.05) is 30.0 Å². The van der Waals surface area contributed by atoms with E-state index in [9.17, 15) is 9.59 Å². The number of thioether (sulfide) groups is 1. The molecule has 0 aliphatic carbocycles. The average Bonchev–Trinajstić information content (AvgIpc) is 3.42. The number of ketones is 1. The molecule has 0 N–H and O–H groups in total. The van der Waals surface area contributed by atoms with Crippen molar-refractivity contribution in [3.05, 3.63) is 88.7 Å². The SMILES string of the molecule is CCOC(=O)c1ccc(-n2c(C)cc(C(=O)CSc3nnc4cc(C)c5ccccc5n34)c2C)cc1.